The lowest BCUT2D eigenvalue weighted by Crippen LogP contribution is -2.30. The normalized spacial score (nSPS) is 16.7. The summed E-state index contributed by atoms with van der Waals surface area (Å²) in [5.41, 5.74) is 3.91. The fourth-order valence-electron chi connectivity index (χ4n) is 8.55. The maximum atomic E-state index is 16.3. The lowest BCUT2D eigenvalue weighted by Gasteiger charge is -2.39. The van der Waals surface area contributed by atoms with Crippen molar-refractivity contribution in [2.45, 2.75) is 82.1 Å². The van der Waals surface area contributed by atoms with E-state index < -0.39 is 7.14 Å². The van der Waals surface area contributed by atoms with Gasteiger partial charge in [-0.3, -0.25) is 0 Å². The number of hydrogen-bond donors (Lipinski definition) is 0. The molecule has 0 aromatic heterocycles. The molecule has 2 fully saturated rings. The summed E-state index contributed by atoms with van der Waals surface area (Å²) in [6.45, 7) is 0.471. The van der Waals surface area contributed by atoms with Gasteiger partial charge in [0.25, 0.3) is 0 Å². The summed E-state index contributed by atoms with van der Waals surface area (Å²) in [4.78, 5) is 0. The Bertz CT molecular complexity index is 2040. The summed E-state index contributed by atoms with van der Waals surface area (Å²) in [6.07, 6.45) is 11.6. The molecule has 0 bridgehead atoms. The first kappa shape index (κ1) is 29.5. The summed E-state index contributed by atoms with van der Waals surface area (Å²) in [6, 6.07) is 41.3. The summed E-state index contributed by atoms with van der Waals surface area (Å²) >= 11 is 0. The van der Waals surface area contributed by atoms with Gasteiger partial charge in [-0.15, -0.1) is 0 Å². The molecule has 2 aliphatic carbocycles. The summed E-state index contributed by atoms with van der Waals surface area (Å²) in [7, 11) is -2.79. The van der Waals surface area contributed by atoms with Crippen molar-refractivity contribution < 1.29 is 9.30 Å². The van der Waals surface area contributed by atoms with Crippen LogP contribution in [0, 0.1) is 0 Å². The van der Waals surface area contributed by atoms with Gasteiger partial charge in [-0.25, -0.2) is 0 Å². The first-order chi connectivity index (χ1) is 22.7. The van der Waals surface area contributed by atoms with Crippen molar-refractivity contribution in [3.63, 3.8) is 0 Å². The maximum Gasteiger partial charge on any atom is 0.128 e. The summed E-state index contributed by atoms with van der Waals surface area (Å²) in [5.74, 6) is 0.864. The molecule has 0 saturated heterocycles. The number of ether oxygens (including phenoxy) is 1. The quantitative estimate of drug-likeness (QED) is 0.166. The number of rotatable bonds is 7. The minimum Gasteiger partial charge on any atom is -0.488 e. The van der Waals surface area contributed by atoms with Crippen LogP contribution in [0.15, 0.2) is 115 Å². The van der Waals surface area contributed by atoms with Crippen LogP contribution >= 0.6 is 7.14 Å². The molecule has 0 N–H and O–H groups in total. The maximum absolute atomic E-state index is 16.3. The average Bonchev–Trinajstić information content (AvgIpc) is 3.13. The molecule has 46 heavy (non-hydrogen) atoms. The van der Waals surface area contributed by atoms with Gasteiger partial charge in [0.05, 0.1) is 0 Å². The second-order valence-electron chi connectivity index (χ2n) is 13.6. The highest BCUT2D eigenvalue weighted by Crippen LogP contribution is 2.63. The van der Waals surface area contributed by atoms with Crippen molar-refractivity contribution in [1.82, 2.24) is 0 Å². The van der Waals surface area contributed by atoms with Gasteiger partial charge in [0.1, 0.15) is 19.5 Å². The Morgan fingerprint density at radius 2 is 1.04 bits per heavy atom. The van der Waals surface area contributed by atoms with Crippen molar-refractivity contribution >= 4 is 44.8 Å². The first-order valence-corrected chi connectivity index (χ1v) is 19.3. The van der Waals surface area contributed by atoms with Crippen LogP contribution < -0.4 is 10.0 Å². The molecule has 0 unspecified atom stereocenters. The number of benzene rings is 6. The van der Waals surface area contributed by atoms with Gasteiger partial charge in [0, 0.05) is 27.7 Å². The predicted molar refractivity (Wildman–Crippen MR) is 196 cm³/mol. The predicted octanol–water partition coefficient (Wildman–Crippen LogP) is 12.0. The summed E-state index contributed by atoms with van der Waals surface area (Å²) < 4.78 is 23.1. The molecule has 0 radical (unpaired) electrons. The second-order valence-corrected chi connectivity index (χ2v) is 17.0. The van der Waals surface area contributed by atoms with E-state index in [1.807, 2.05) is 0 Å². The van der Waals surface area contributed by atoms with E-state index in [9.17, 15) is 0 Å². The van der Waals surface area contributed by atoms with Gasteiger partial charge in [-0.1, -0.05) is 142 Å². The molecule has 6 aromatic rings. The highest BCUT2D eigenvalue weighted by molar-refractivity contribution is 7.73. The molecule has 0 spiro atoms. The van der Waals surface area contributed by atoms with Crippen LogP contribution in [0.2, 0.25) is 0 Å². The van der Waals surface area contributed by atoms with Crippen LogP contribution in [-0.4, -0.2) is 11.3 Å². The van der Waals surface area contributed by atoms with Gasteiger partial charge in [-0.2, -0.15) is 0 Å². The third-order valence-corrected chi connectivity index (χ3v) is 15.2. The molecular formula is C43H43O2P. The first-order valence-electron chi connectivity index (χ1n) is 17.4. The largest absolute Gasteiger partial charge is 0.488 e. The highest BCUT2D eigenvalue weighted by Gasteiger charge is 2.44. The van der Waals surface area contributed by atoms with E-state index in [4.69, 9.17) is 4.74 Å². The third-order valence-electron chi connectivity index (χ3n) is 10.9. The van der Waals surface area contributed by atoms with Crippen LogP contribution in [0.25, 0.3) is 43.4 Å². The average molecular weight is 623 g/mol. The molecule has 2 saturated carbocycles. The van der Waals surface area contributed by atoms with Crippen LogP contribution in [0.4, 0.5) is 0 Å². The molecular weight excluding hydrogens is 579 g/mol. The van der Waals surface area contributed by atoms with Crippen LogP contribution in [0.3, 0.4) is 0 Å². The number of hydrogen-bond acceptors (Lipinski definition) is 2. The zero-order valence-electron chi connectivity index (χ0n) is 26.7. The van der Waals surface area contributed by atoms with E-state index in [0.717, 1.165) is 58.8 Å². The fourth-order valence-corrected chi connectivity index (χ4v) is 13.1. The minimum atomic E-state index is -2.79. The Morgan fingerprint density at radius 1 is 0.522 bits per heavy atom. The Labute approximate surface area is 273 Å². The van der Waals surface area contributed by atoms with E-state index in [1.54, 1.807) is 0 Å². The van der Waals surface area contributed by atoms with Crippen molar-refractivity contribution in [3.8, 4) is 16.9 Å². The third kappa shape index (κ3) is 5.35. The van der Waals surface area contributed by atoms with Crippen molar-refractivity contribution in [2.75, 3.05) is 0 Å². The molecule has 0 aliphatic heterocycles. The lowest BCUT2D eigenvalue weighted by molar-refractivity contribution is 0.308. The lowest BCUT2D eigenvalue weighted by atomic mass is 9.93. The van der Waals surface area contributed by atoms with E-state index in [1.165, 1.54) is 65.5 Å². The zero-order chi connectivity index (χ0) is 30.9. The molecule has 2 nitrogen and oxygen atoms in total. The number of fused-ring (bicyclic) bond motifs is 3. The Morgan fingerprint density at radius 3 is 1.70 bits per heavy atom. The van der Waals surface area contributed by atoms with Crippen LogP contribution in [0.1, 0.15) is 69.8 Å². The topological polar surface area (TPSA) is 26.3 Å². The molecule has 2 aliphatic rings. The van der Waals surface area contributed by atoms with E-state index in [2.05, 4.69) is 115 Å². The van der Waals surface area contributed by atoms with Crippen LogP contribution in [-0.2, 0) is 11.2 Å². The molecule has 232 valence electrons. The van der Waals surface area contributed by atoms with Gasteiger partial charge in [-0.05, 0) is 75.7 Å². The smallest absolute Gasteiger partial charge is 0.128 e. The molecule has 3 heteroatoms. The molecule has 6 aromatic carbocycles. The molecule has 0 amide bonds. The van der Waals surface area contributed by atoms with Gasteiger partial charge in [0.2, 0.25) is 0 Å². The van der Waals surface area contributed by atoms with E-state index >= 15 is 4.57 Å². The highest BCUT2D eigenvalue weighted by atomic mass is 31.2. The van der Waals surface area contributed by atoms with Gasteiger partial charge >= 0.3 is 0 Å². The molecule has 0 heterocycles. The second kappa shape index (κ2) is 12.7. The standard InChI is InChI=1S/C43H43O2P/c44-46(36-17-3-1-4-18-36,37-19-5-2-6-20-37)41-28-26-34-15-10-12-22-39(34)43(41)42-38-21-11-9-14-33(38)25-27-40(42)45-30-31-23-24-32-13-7-8-16-35(32)29-31/h7-16,21-29,36-37H,1-6,17-20,30H2. The van der Waals surface area contributed by atoms with Gasteiger partial charge < -0.3 is 9.30 Å². The van der Waals surface area contributed by atoms with Crippen molar-refractivity contribution in [2.24, 2.45) is 0 Å². The Hall–Kier alpha value is -3.87. The van der Waals surface area contributed by atoms with Crippen molar-refractivity contribution in [3.05, 3.63) is 121 Å². The SMILES string of the molecule is O=P(c1ccc2ccccc2c1-c1c(OCc2ccc3ccccc3c2)ccc2ccccc12)(C1CCCCC1)C1CCCCC1. The Balaban J connectivity index is 1.35. The molecule has 8 rings (SSSR count). The van der Waals surface area contributed by atoms with E-state index in [-0.39, 0.29) is 11.3 Å². The zero-order valence-corrected chi connectivity index (χ0v) is 27.6. The monoisotopic (exact) mass is 622 g/mol. The fraction of sp³-hybridized carbons (Fsp3) is 0.302. The van der Waals surface area contributed by atoms with E-state index in [0.29, 0.717) is 6.61 Å². The van der Waals surface area contributed by atoms with Crippen molar-refractivity contribution in [1.29, 1.82) is 0 Å². The van der Waals surface area contributed by atoms with Gasteiger partial charge in [0.15, 0.2) is 0 Å². The van der Waals surface area contributed by atoms with Crippen LogP contribution in [0.5, 0.6) is 5.75 Å². The molecule has 0 atom stereocenters. The Kier molecular flexibility index (Phi) is 8.17. The summed E-state index contributed by atoms with van der Waals surface area (Å²) in [5, 5.41) is 8.28. The minimum absolute atomic E-state index is 0.265.